The van der Waals surface area contributed by atoms with Crippen LogP contribution in [0.2, 0.25) is 0 Å². The van der Waals surface area contributed by atoms with Crippen molar-refractivity contribution in [2.45, 2.75) is 52.1 Å². The SMILES string of the molecule is C=CCC(NC(C)(C)CC)c1ccc(OCC)c(OC)c1. The highest BCUT2D eigenvalue weighted by Gasteiger charge is 2.21. The number of benzene rings is 1. The molecular weight excluding hydrogens is 262 g/mol. The topological polar surface area (TPSA) is 30.5 Å². The van der Waals surface area contributed by atoms with Gasteiger partial charge in [-0.25, -0.2) is 0 Å². The highest BCUT2D eigenvalue weighted by atomic mass is 16.5. The quantitative estimate of drug-likeness (QED) is 0.680. The van der Waals surface area contributed by atoms with Crippen LogP contribution in [0, 0.1) is 0 Å². The third kappa shape index (κ3) is 5.09. The van der Waals surface area contributed by atoms with Gasteiger partial charge in [0.25, 0.3) is 0 Å². The molecule has 1 atom stereocenters. The van der Waals surface area contributed by atoms with Crippen molar-refractivity contribution >= 4 is 0 Å². The van der Waals surface area contributed by atoms with Gasteiger partial charge in [0.2, 0.25) is 0 Å². The van der Waals surface area contributed by atoms with Crippen LogP contribution in [0.3, 0.4) is 0 Å². The Morgan fingerprint density at radius 2 is 2.00 bits per heavy atom. The molecule has 118 valence electrons. The highest BCUT2D eigenvalue weighted by Crippen LogP contribution is 2.32. The van der Waals surface area contributed by atoms with E-state index in [1.807, 2.05) is 19.1 Å². The lowest BCUT2D eigenvalue weighted by Crippen LogP contribution is -2.41. The maximum atomic E-state index is 5.58. The van der Waals surface area contributed by atoms with Gasteiger partial charge in [-0.15, -0.1) is 6.58 Å². The van der Waals surface area contributed by atoms with Crippen molar-refractivity contribution < 1.29 is 9.47 Å². The van der Waals surface area contributed by atoms with Crippen molar-refractivity contribution in [3.63, 3.8) is 0 Å². The van der Waals surface area contributed by atoms with E-state index in [4.69, 9.17) is 9.47 Å². The summed E-state index contributed by atoms with van der Waals surface area (Å²) in [6.45, 7) is 13.1. The lowest BCUT2D eigenvalue weighted by atomic mass is 9.95. The molecule has 0 fully saturated rings. The fourth-order valence-electron chi connectivity index (χ4n) is 2.19. The highest BCUT2D eigenvalue weighted by molar-refractivity contribution is 5.44. The van der Waals surface area contributed by atoms with Crippen LogP contribution in [0.25, 0.3) is 0 Å². The van der Waals surface area contributed by atoms with Gasteiger partial charge in [0.1, 0.15) is 0 Å². The first-order chi connectivity index (χ1) is 9.97. The predicted octanol–water partition coefficient (Wildman–Crippen LogP) is 4.49. The second-order valence-corrected chi connectivity index (χ2v) is 5.80. The van der Waals surface area contributed by atoms with E-state index in [1.165, 1.54) is 5.56 Å². The van der Waals surface area contributed by atoms with Crippen molar-refractivity contribution in [2.24, 2.45) is 0 Å². The maximum Gasteiger partial charge on any atom is 0.161 e. The van der Waals surface area contributed by atoms with E-state index in [9.17, 15) is 0 Å². The molecule has 1 N–H and O–H groups in total. The summed E-state index contributed by atoms with van der Waals surface area (Å²) in [5.74, 6) is 1.57. The summed E-state index contributed by atoms with van der Waals surface area (Å²) in [4.78, 5) is 0. The van der Waals surface area contributed by atoms with Crippen molar-refractivity contribution in [1.29, 1.82) is 0 Å². The van der Waals surface area contributed by atoms with Crippen LogP contribution in [-0.2, 0) is 0 Å². The fraction of sp³-hybridized carbons (Fsp3) is 0.556. The number of hydrogen-bond donors (Lipinski definition) is 1. The summed E-state index contributed by atoms with van der Waals surface area (Å²) in [7, 11) is 1.67. The minimum absolute atomic E-state index is 0.0828. The minimum atomic E-state index is 0.0828. The van der Waals surface area contributed by atoms with Crippen molar-refractivity contribution in [1.82, 2.24) is 5.32 Å². The third-order valence-corrected chi connectivity index (χ3v) is 3.74. The van der Waals surface area contributed by atoms with E-state index in [1.54, 1.807) is 7.11 Å². The third-order valence-electron chi connectivity index (χ3n) is 3.74. The summed E-state index contributed by atoms with van der Waals surface area (Å²) >= 11 is 0. The Morgan fingerprint density at radius 3 is 2.52 bits per heavy atom. The fourth-order valence-corrected chi connectivity index (χ4v) is 2.19. The van der Waals surface area contributed by atoms with Gasteiger partial charge < -0.3 is 14.8 Å². The number of ether oxygens (including phenoxy) is 2. The molecule has 3 nitrogen and oxygen atoms in total. The average molecular weight is 291 g/mol. The lowest BCUT2D eigenvalue weighted by Gasteiger charge is -2.31. The molecule has 0 aliphatic rings. The molecule has 0 saturated heterocycles. The first-order valence-electron chi connectivity index (χ1n) is 7.66. The summed E-state index contributed by atoms with van der Waals surface area (Å²) in [5, 5.41) is 3.70. The zero-order chi connectivity index (χ0) is 15.9. The number of methoxy groups -OCH3 is 1. The smallest absolute Gasteiger partial charge is 0.161 e. The van der Waals surface area contributed by atoms with Gasteiger partial charge in [0.05, 0.1) is 13.7 Å². The predicted molar refractivity (Wildman–Crippen MR) is 89.2 cm³/mol. The van der Waals surface area contributed by atoms with Crippen LogP contribution < -0.4 is 14.8 Å². The Bertz CT molecular complexity index is 455. The minimum Gasteiger partial charge on any atom is -0.493 e. The first-order valence-corrected chi connectivity index (χ1v) is 7.66. The monoisotopic (exact) mass is 291 g/mol. The Kier molecular flexibility index (Phi) is 6.76. The zero-order valence-electron chi connectivity index (χ0n) is 14.0. The molecule has 0 radical (unpaired) electrons. The summed E-state index contributed by atoms with van der Waals surface area (Å²) in [6.07, 6.45) is 3.89. The number of hydrogen-bond acceptors (Lipinski definition) is 3. The van der Waals surface area contributed by atoms with E-state index in [0.717, 1.165) is 24.3 Å². The van der Waals surface area contributed by atoms with E-state index in [2.05, 4.69) is 44.8 Å². The molecule has 0 aliphatic heterocycles. The molecule has 1 rings (SSSR count). The molecule has 0 spiro atoms. The largest absolute Gasteiger partial charge is 0.493 e. The molecule has 0 bridgehead atoms. The normalized spacial score (nSPS) is 12.8. The number of rotatable bonds is 9. The van der Waals surface area contributed by atoms with Gasteiger partial charge in [0.15, 0.2) is 11.5 Å². The molecule has 3 heteroatoms. The average Bonchev–Trinajstić information content (AvgIpc) is 2.47. The molecule has 0 aromatic heterocycles. The molecular formula is C18H29NO2. The molecule has 21 heavy (non-hydrogen) atoms. The second-order valence-electron chi connectivity index (χ2n) is 5.80. The van der Waals surface area contributed by atoms with E-state index in [0.29, 0.717) is 6.61 Å². The first kappa shape index (κ1) is 17.6. The molecule has 0 heterocycles. The Hall–Kier alpha value is -1.48. The van der Waals surface area contributed by atoms with Crippen molar-refractivity contribution in [3.05, 3.63) is 36.4 Å². The zero-order valence-corrected chi connectivity index (χ0v) is 14.0. The second kappa shape index (κ2) is 8.08. The van der Waals surface area contributed by atoms with Crippen LogP contribution >= 0.6 is 0 Å². The van der Waals surface area contributed by atoms with E-state index in [-0.39, 0.29) is 11.6 Å². The molecule has 0 aliphatic carbocycles. The maximum absolute atomic E-state index is 5.58. The van der Waals surface area contributed by atoms with Crippen LogP contribution in [0.1, 0.15) is 52.1 Å². The molecule has 0 amide bonds. The van der Waals surface area contributed by atoms with Crippen molar-refractivity contribution in [3.8, 4) is 11.5 Å². The van der Waals surface area contributed by atoms with E-state index >= 15 is 0 Å². The Labute approximate surface area is 129 Å². The molecule has 1 aromatic carbocycles. The standard InChI is InChI=1S/C18H29NO2/c1-7-10-15(19-18(4,5)8-2)14-11-12-16(21-9-3)17(13-14)20-6/h7,11-13,15,19H,1,8-10H2,2-6H3. The molecule has 1 aromatic rings. The van der Waals surface area contributed by atoms with Crippen LogP contribution in [0.5, 0.6) is 11.5 Å². The Balaban J connectivity index is 3.05. The van der Waals surface area contributed by atoms with Crippen LogP contribution in [0.15, 0.2) is 30.9 Å². The van der Waals surface area contributed by atoms with Gasteiger partial charge >= 0.3 is 0 Å². The summed E-state index contributed by atoms with van der Waals surface area (Å²) in [6, 6.07) is 6.36. The number of nitrogens with one attached hydrogen (secondary N) is 1. The summed E-state index contributed by atoms with van der Waals surface area (Å²) < 4.78 is 11.0. The van der Waals surface area contributed by atoms with Crippen LogP contribution in [0.4, 0.5) is 0 Å². The van der Waals surface area contributed by atoms with Gasteiger partial charge in [0, 0.05) is 11.6 Å². The molecule has 0 saturated carbocycles. The Morgan fingerprint density at radius 1 is 1.29 bits per heavy atom. The van der Waals surface area contributed by atoms with Gasteiger partial charge in [-0.3, -0.25) is 0 Å². The van der Waals surface area contributed by atoms with E-state index < -0.39 is 0 Å². The summed E-state index contributed by atoms with van der Waals surface area (Å²) in [5.41, 5.74) is 1.27. The van der Waals surface area contributed by atoms with Crippen molar-refractivity contribution in [2.75, 3.05) is 13.7 Å². The lowest BCUT2D eigenvalue weighted by molar-refractivity contribution is 0.307. The van der Waals surface area contributed by atoms with Gasteiger partial charge in [-0.05, 0) is 51.3 Å². The van der Waals surface area contributed by atoms with Gasteiger partial charge in [-0.2, -0.15) is 0 Å². The van der Waals surface area contributed by atoms with Crippen LogP contribution in [-0.4, -0.2) is 19.3 Å². The molecule has 1 unspecified atom stereocenters. The van der Waals surface area contributed by atoms with Gasteiger partial charge in [-0.1, -0.05) is 19.1 Å².